The number of nitrogens with zero attached hydrogens (tertiary/aromatic N) is 1. The summed E-state index contributed by atoms with van der Waals surface area (Å²) in [5.41, 5.74) is 0.855. The minimum absolute atomic E-state index is 0.177. The van der Waals surface area contributed by atoms with Crippen molar-refractivity contribution in [1.29, 1.82) is 0 Å². The van der Waals surface area contributed by atoms with Crippen molar-refractivity contribution >= 4 is 28.7 Å². The van der Waals surface area contributed by atoms with Crippen LogP contribution in [0.3, 0.4) is 0 Å². The lowest BCUT2D eigenvalue weighted by molar-refractivity contribution is -0.138. The number of carbonyl (C=O) groups is 2. The summed E-state index contributed by atoms with van der Waals surface area (Å²) in [5, 5.41) is 8.66. The second-order valence-corrected chi connectivity index (χ2v) is 4.52. The van der Waals surface area contributed by atoms with E-state index in [1.54, 1.807) is 0 Å². The van der Waals surface area contributed by atoms with Crippen molar-refractivity contribution in [2.24, 2.45) is 4.99 Å². The fourth-order valence-electron chi connectivity index (χ4n) is 1.38. The molecule has 0 spiro atoms. The normalized spacial score (nSPS) is 19.6. The van der Waals surface area contributed by atoms with Crippen LogP contribution in [0.4, 0.5) is 0 Å². The smallest absolute Gasteiger partial charge is 0.305 e. The van der Waals surface area contributed by atoms with Gasteiger partial charge in [-0.3, -0.25) is 9.59 Å². The van der Waals surface area contributed by atoms with Crippen molar-refractivity contribution < 1.29 is 14.7 Å². The van der Waals surface area contributed by atoms with Crippen molar-refractivity contribution in [2.75, 3.05) is 0 Å². The van der Waals surface area contributed by atoms with E-state index in [0.29, 0.717) is 5.04 Å². The van der Waals surface area contributed by atoms with E-state index in [-0.39, 0.29) is 12.3 Å². The minimum atomic E-state index is -0.977. The first-order valence-corrected chi connectivity index (χ1v) is 5.61. The molecule has 0 aromatic heterocycles. The molecule has 1 aromatic rings. The van der Waals surface area contributed by atoms with Crippen LogP contribution < -0.4 is 0 Å². The van der Waals surface area contributed by atoms with Gasteiger partial charge < -0.3 is 5.11 Å². The Balaban J connectivity index is 2.14. The summed E-state index contributed by atoms with van der Waals surface area (Å²) in [4.78, 5) is 25.8. The summed E-state index contributed by atoms with van der Waals surface area (Å²) in [7, 11) is 0. The van der Waals surface area contributed by atoms with E-state index in [1.165, 1.54) is 11.8 Å². The molecule has 0 radical (unpaired) electrons. The fraction of sp³-hybridized carbons (Fsp3) is 0.182. The SMILES string of the molecule is O=C(O)CC1SC(c2ccccc2)=NC1=O. The van der Waals surface area contributed by atoms with Gasteiger partial charge in [-0.05, 0) is 0 Å². The van der Waals surface area contributed by atoms with Crippen LogP contribution in [0.5, 0.6) is 0 Å². The number of rotatable bonds is 3. The molecular formula is C11H9NO3S. The van der Waals surface area contributed by atoms with Crippen LogP contribution >= 0.6 is 11.8 Å². The lowest BCUT2D eigenvalue weighted by Gasteiger charge is -2.02. The van der Waals surface area contributed by atoms with Crippen LogP contribution in [-0.2, 0) is 9.59 Å². The molecule has 0 aliphatic carbocycles. The first-order valence-electron chi connectivity index (χ1n) is 4.73. The number of benzene rings is 1. The van der Waals surface area contributed by atoms with Gasteiger partial charge in [0.15, 0.2) is 0 Å². The molecule has 4 nitrogen and oxygen atoms in total. The van der Waals surface area contributed by atoms with E-state index in [4.69, 9.17) is 5.11 Å². The molecule has 1 aromatic carbocycles. The molecule has 82 valence electrons. The van der Waals surface area contributed by atoms with Gasteiger partial charge in [-0.25, -0.2) is 4.99 Å². The van der Waals surface area contributed by atoms with Gasteiger partial charge in [0.2, 0.25) is 0 Å². The van der Waals surface area contributed by atoms with Crippen molar-refractivity contribution in [1.82, 2.24) is 0 Å². The molecule has 1 heterocycles. The number of hydrogen-bond donors (Lipinski definition) is 1. The van der Waals surface area contributed by atoms with E-state index in [9.17, 15) is 9.59 Å². The highest BCUT2D eigenvalue weighted by atomic mass is 32.2. The number of hydrogen-bond acceptors (Lipinski definition) is 3. The summed E-state index contributed by atoms with van der Waals surface area (Å²) in [6.45, 7) is 0. The zero-order valence-corrected chi connectivity index (χ0v) is 9.11. The zero-order chi connectivity index (χ0) is 11.5. The van der Waals surface area contributed by atoms with Gasteiger partial charge in [0.1, 0.15) is 10.3 Å². The molecule has 0 saturated heterocycles. The van der Waals surface area contributed by atoms with Crippen molar-refractivity contribution in [3.05, 3.63) is 35.9 Å². The zero-order valence-electron chi connectivity index (χ0n) is 8.29. The van der Waals surface area contributed by atoms with E-state index < -0.39 is 11.2 Å². The Morgan fingerprint density at radius 2 is 2.06 bits per heavy atom. The highest BCUT2D eigenvalue weighted by Gasteiger charge is 2.30. The summed E-state index contributed by atoms with van der Waals surface area (Å²) < 4.78 is 0. The van der Waals surface area contributed by atoms with Gasteiger partial charge in [0.25, 0.3) is 5.91 Å². The molecule has 1 N–H and O–H groups in total. The maximum Gasteiger partial charge on any atom is 0.305 e. The molecule has 0 saturated carbocycles. The predicted octanol–water partition coefficient (Wildman–Crippen LogP) is 1.55. The number of carbonyl (C=O) groups excluding carboxylic acids is 1. The highest BCUT2D eigenvalue weighted by molar-refractivity contribution is 8.16. The van der Waals surface area contributed by atoms with Crippen LogP contribution in [0.15, 0.2) is 35.3 Å². The fourth-order valence-corrected chi connectivity index (χ4v) is 2.45. The van der Waals surface area contributed by atoms with Gasteiger partial charge in [-0.2, -0.15) is 0 Å². The number of amides is 1. The molecule has 16 heavy (non-hydrogen) atoms. The second kappa shape index (κ2) is 4.49. The monoisotopic (exact) mass is 235 g/mol. The Hall–Kier alpha value is -1.62. The molecule has 0 fully saturated rings. The Morgan fingerprint density at radius 1 is 1.38 bits per heavy atom. The third-order valence-electron chi connectivity index (χ3n) is 2.12. The van der Waals surface area contributed by atoms with Crippen molar-refractivity contribution in [3.8, 4) is 0 Å². The van der Waals surface area contributed by atoms with E-state index in [0.717, 1.165) is 5.56 Å². The first kappa shape index (κ1) is 10.9. The quantitative estimate of drug-likeness (QED) is 0.863. The van der Waals surface area contributed by atoms with E-state index in [2.05, 4.69) is 4.99 Å². The van der Waals surface area contributed by atoms with Crippen LogP contribution in [0.25, 0.3) is 0 Å². The average Bonchev–Trinajstić information content (AvgIpc) is 2.61. The van der Waals surface area contributed by atoms with Crippen molar-refractivity contribution in [2.45, 2.75) is 11.7 Å². The first-order chi connectivity index (χ1) is 7.66. The van der Waals surface area contributed by atoms with Gasteiger partial charge in [0.05, 0.1) is 6.42 Å². The molecule has 1 unspecified atom stereocenters. The van der Waals surface area contributed by atoms with Crippen LogP contribution in [0, 0.1) is 0 Å². The molecular weight excluding hydrogens is 226 g/mol. The third-order valence-corrected chi connectivity index (χ3v) is 3.32. The molecule has 2 rings (SSSR count). The predicted molar refractivity (Wildman–Crippen MR) is 61.6 cm³/mol. The van der Waals surface area contributed by atoms with Crippen LogP contribution in [0.1, 0.15) is 12.0 Å². The average molecular weight is 235 g/mol. The molecule has 1 aliphatic heterocycles. The largest absolute Gasteiger partial charge is 0.481 e. The minimum Gasteiger partial charge on any atom is -0.481 e. The van der Waals surface area contributed by atoms with Crippen molar-refractivity contribution in [3.63, 3.8) is 0 Å². The topological polar surface area (TPSA) is 66.7 Å². The lowest BCUT2D eigenvalue weighted by Crippen LogP contribution is -2.15. The maximum absolute atomic E-state index is 11.4. The number of aliphatic carboxylic acids is 1. The van der Waals surface area contributed by atoms with Gasteiger partial charge in [-0.1, -0.05) is 42.1 Å². The Kier molecular flexibility index (Phi) is 3.05. The molecule has 0 bridgehead atoms. The number of carboxylic acid groups (broad SMARTS) is 1. The van der Waals surface area contributed by atoms with Gasteiger partial charge >= 0.3 is 5.97 Å². The highest BCUT2D eigenvalue weighted by Crippen LogP contribution is 2.28. The summed E-state index contributed by atoms with van der Waals surface area (Å²) >= 11 is 1.22. The molecule has 5 heteroatoms. The maximum atomic E-state index is 11.4. The molecule has 1 atom stereocenters. The Morgan fingerprint density at radius 3 is 2.69 bits per heavy atom. The number of thioether (sulfide) groups is 1. The Labute approximate surface area is 96.4 Å². The summed E-state index contributed by atoms with van der Waals surface area (Å²) in [6, 6.07) is 9.28. The van der Waals surface area contributed by atoms with Crippen LogP contribution in [0.2, 0.25) is 0 Å². The van der Waals surface area contributed by atoms with Gasteiger partial charge in [0, 0.05) is 5.56 Å². The van der Waals surface area contributed by atoms with E-state index >= 15 is 0 Å². The standard InChI is InChI=1S/C11H9NO3S/c13-9(14)6-8-10(15)12-11(16-8)7-4-2-1-3-5-7/h1-5,8H,6H2,(H,13,14). The molecule has 1 amide bonds. The molecule has 1 aliphatic rings. The summed E-state index contributed by atoms with van der Waals surface area (Å²) in [6.07, 6.45) is -0.177. The summed E-state index contributed by atoms with van der Waals surface area (Å²) in [5.74, 6) is -1.33. The number of aliphatic imine (C=N–C) groups is 1. The second-order valence-electron chi connectivity index (χ2n) is 3.33. The number of carboxylic acids is 1. The van der Waals surface area contributed by atoms with E-state index in [1.807, 2.05) is 30.3 Å². The van der Waals surface area contributed by atoms with Crippen LogP contribution in [-0.4, -0.2) is 27.3 Å². The van der Waals surface area contributed by atoms with Gasteiger partial charge in [-0.15, -0.1) is 0 Å². The third kappa shape index (κ3) is 2.30. The lowest BCUT2D eigenvalue weighted by atomic mass is 10.2. The Bertz CT molecular complexity index is 456.